The van der Waals surface area contributed by atoms with Crippen LogP contribution in [0.1, 0.15) is 61.0 Å². The number of nitrogens with one attached hydrogen (secondary N) is 2. The third-order valence-corrected chi connectivity index (χ3v) is 6.10. The summed E-state index contributed by atoms with van der Waals surface area (Å²) in [5.41, 5.74) is 0.790. The molecule has 0 aromatic heterocycles. The molecule has 0 fully saturated rings. The van der Waals surface area contributed by atoms with E-state index in [0.717, 1.165) is 5.56 Å². The molecule has 0 saturated heterocycles. The van der Waals surface area contributed by atoms with Crippen molar-refractivity contribution in [1.29, 1.82) is 0 Å². The maximum absolute atomic E-state index is 13.4. The van der Waals surface area contributed by atoms with Crippen LogP contribution < -0.4 is 10.6 Å². The zero-order chi connectivity index (χ0) is 24.7. The average Bonchev–Trinajstić information content (AvgIpc) is 2.69. The van der Waals surface area contributed by atoms with Crippen LogP contribution in [0.15, 0.2) is 54.1 Å². The fourth-order valence-corrected chi connectivity index (χ4v) is 3.71. The summed E-state index contributed by atoms with van der Waals surface area (Å²) < 4.78 is 0. The van der Waals surface area contributed by atoms with Gasteiger partial charge in [0.25, 0.3) is 0 Å². The maximum atomic E-state index is 13.4. The van der Waals surface area contributed by atoms with Gasteiger partial charge < -0.3 is 15.7 Å². The number of carbonyl (C=O) groups excluding carboxylic acids is 1. The van der Waals surface area contributed by atoms with Gasteiger partial charge in [-0.15, -0.1) is 0 Å². The first-order valence-electron chi connectivity index (χ1n) is 11.3. The van der Waals surface area contributed by atoms with Gasteiger partial charge in [0.2, 0.25) is 5.91 Å². The van der Waals surface area contributed by atoms with Gasteiger partial charge in [0.05, 0.1) is 12.1 Å². The summed E-state index contributed by atoms with van der Waals surface area (Å²) in [6.07, 6.45) is 5.81. The van der Waals surface area contributed by atoms with E-state index in [1.54, 1.807) is 13.0 Å². The molecule has 3 atom stereocenters. The van der Waals surface area contributed by atoms with E-state index in [1.165, 1.54) is 0 Å². The van der Waals surface area contributed by atoms with Gasteiger partial charge in [-0.1, -0.05) is 97.0 Å². The summed E-state index contributed by atoms with van der Waals surface area (Å²) in [6, 6.07) is 9.41. The van der Waals surface area contributed by atoms with Gasteiger partial charge in [0.1, 0.15) is 0 Å². The van der Waals surface area contributed by atoms with E-state index in [2.05, 4.69) is 59.1 Å². The monoisotopic (exact) mass is 442 g/mol. The number of likely N-dealkylation sites (N-methyl/N-ethyl adjacent to an activating group) is 1. The number of rotatable bonds is 10. The van der Waals surface area contributed by atoms with E-state index in [-0.39, 0.29) is 29.2 Å². The Morgan fingerprint density at radius 3 is 2.00 bits per heavy atom. The fraction of sp³-hybridized carbons (Fsp3) is 0.556. The Balaban J connectivity index is 3.18. The minimum atomic E-state index is -0.912. The van der Waals surface area contributed by atoms with Gasteiger partial charge in [-0.3, -0.25) is 4.79 Å². The Bertz CT molecular complexity index is 817. The number of amides is 1. The Hall–Kier alpha value is -2.40. The fourth-order valence-electron chi connectivity index (χ4n) is 3.71. The zero-order valence-corrected chi connectivity index (χ0v) is 21.2. The first-order valence-corrected chi connectivity index (χ1v) is 11.3. The first kappa shape index (κ1) is 27.6. The number of aliphatic carboxylic acids is 1. The van der Waals surface area contributed by atoms with Crippen molar-refractivity contribution in [2.75, 3.05) is 7.05 Å². The second-order valence-electron chi connectivity index (χ2n) is 10.5. The quantitative estimate of drug-likeness (QED) is 0.354. The van der Waals surface area contributed by atoms with Crippen LogP contribution in [0, 0.1) is 17.3 Å². The van der Waals surface area contributed by atoms with Crippen molar-refractivity contribution in [3.05, 3.63) is 59.7 Å². The highest BCUT2D eigenvalue weighted by atomic mass is 16.4. The zero-order valence-electron chi connectivity index (χ0n) is 21.2. The Labute approximate surface area is 194 Å². The van der Waals surface area contributed by atoms with Crippen molar-refractivity contribution >= 4 is 11.9 Å². The number of hydrogen-bond acceptors (Lipinski definition) is 3. The highest BCUT2D eigenvalue weighted by molar-refractivity contribution is 5.86. The number of benzene rings is 1. The molecule has 0 aliphatic heterocycles. The van der Waals surface area contributed by atoms with Crippen molar-refractivity contribution in [3.63, 3.8) is 0 Å². The molecule has 0 bridgehead atoms. The van der Waals surface area contributed by atoms with Crippen LogP contribution in [0.4, 0.5) is 0 Å². The molecule has 178 valence electrons. The Morgan fingerprint density at radius 1 is 1.00 bits per heavy atom. The van der Waals surface area contributed by atoms with Gasteiger partial charge in [0.15, 0.2) is 0 Å². The van der Waals surface area contributed by atoms with E-state index >= 15 is 0 Å². The molecule has 0 heterocycles. The molecular formula is C27H42N2O3. The standard InChI is InChI=1S/C27H42N2O3/c1-18(2)20(17-19(3)25(31)32)15-16-22(26(4,5)6)29-24(30)23(28-9)27(7,8)21-13-11-10-12-14-21/h10-18,20,22-23,28H,1-9H3,(H,29,30)(H,31,32)/b16-15+,19-17+/t20-,22+,23+/m0/s1. The summed E-state index contributed by atoms with van der Waals surface area (Å²) in [4.78, 5) is 24.7. The lowest BCUT2D eigenvalue weighted by molar-refractivity contribution is -0.132. The summed E-state index contributed by atoms with van der Waals surface area (Å²) in [6.45, 7) is 16.1. The normalized spacial score (nSPS) is 16.1. The number of allylic oxidation sites excluding steroid dienone is 2. The van der Waals surface area contributed by atoms with Crippen LogP contribution in [-0.2, 0) is 15.0 Å². The average molecular weight is 443 g/mol. The molecule has 0 radical (unpaired) electrons. The van der Waals surface area contributed by atoms with Gasteiger partial charge >= 0.3 is 5.97 Å². The molecule has 3 N–H and O–H groups in total. The molecular weight excluding hydrogens is 400 g/mol. The molecule has 1 aromatic rings. The predicted molar refractivity (Wildman–Crippen MR) is 133 cm³/mol. The summed E-state index contributed by atoms with van der Waals surface area (Å²) >= 11 is 0. The Kier molecular flexibility index (Phi) is 9.90. The molecule has 0 saturated carbocycles. The smallest absolute Gasteiger partial charge is 0.330 e. The highest BCUT2D eigenvalue weighted by Crippen LogP contribution is 2.28. The molecule has 0 unspecified atom stereocenters. The van der Waals surface area contributed by atoms with Gasteiger partial charge in [0, 0.05) is 11.0 Å². The van der Waals surface area contributed by atoms with E-state index in [4.69, 9.17) is 0 Å². The van der Waals surface area contributed by atoms with Crippen molar-refractivity contribution in [2.24, 2.45) is 17.3 Å². The van der Waals surface area contributed by atoms with Crippen molar-refractivity contribution in [1.82, 2.24) is 10.6 Å². The van der Waals surface area contributed by atoms with Crippen LogP contribution >= 0.6 is 0 Å². The second-order valence-corrected chi connectivity index (χ2v) is 10.5. The Morgan fingerprint density at radius 2 is 1.56 bits per heavy atom. The molecule has 5 heteroatoms. The van der Waals surface area contributed by atoms with Crippen molar-refractivity contribution < 1.29 is 14.7 Å². The minimum absolute atomic E-state index is 0.0336. The van der Waals surface area contributed by atoms with Crippen LogP contribution in [0.2, 0.25) is 0 Å². The lowest BCUT2D eigenvalue weighted by Gasteiger charge is -2.37. The SMILES string of the molecule is CN[C@H](C(=O)N[C@H](/C=C/[C@@H](/C=C(\C)C(=O)O)C(C)C)C(C)(C)C)C(C)(C)c1ccccc1. The largest absolute Gasteiger partial charge is 0.478 e. The molecule has 32 heavy (non-hydrogen) atoms. The lowest BCUT2D eigenvalue weighted by atomic mass is 9.76. The second kappa shape index (κ2) is 11.5. The topological polar surface area (TPSA) is 78.4 Å². The molecule has 0 aliphatic carbocycles. The third-order valence-electron chi connectivity index (χ3n) is 6.10. The summed E-state index contributed by atoms with van der Waals surface area (Å²) in [7, 11) is 1.81. The van der Waals surface area contributed by atoms with E-state index < -0.39 is 17.4 Å². The summed E-state index contributed by atoms with van der Waals surface area (Å²) in [5.74, 6) is -0.776. The summed E-state index contributed by atoms with van der Waals surface area (Å²) in [5, 5.41) is 15.7. The van der Waals surface area contributed by atoms with Gasteiger partial charge in [-0.05, 0) is 36.8 Å². The van der Waals surface area contributed by atoms with Crippen LogP contribution in [0.5, 0.6) is 0 Å². The molecule has 1 amide bonds. The lowest BCUT2D eigenvalue weighted by Crippen LogP contribution is -2.56. The van der Waals surface area contributed by atoms with E-state index in [9.17, 15) is 14.7 Å². The number of hydrogen-bond donors (Lipinski definition) is 3. The molecule has 5 nitrogen and oxygen atoms in total. The van der Waals surface area contributed by atoms with Crippen molar-refractivity contribution in [3.8, 4) is 0 Å². The van der Waals surface area contributed by atoms with Crippen LogP contribution in [0.25, 0.3) is 0 Å². The molecule has 1 aromatic carbocycles. The number of carboxylic acids is 1. The molecule has 0 aliphatic rings. The molecule has 1 rings (SSSR count). The van der Waals surface area contributed by atoms with E-state index in [0.29, 0.717) is 5.57 Å². The van der Waals surface area contributed by atoms with Crippen molar-refractivity contribution in [2.45, 2.75) is 72.9 Å². The number of carbonyl (C=O) groups is 2. The van der Waals surface area contributed by atoms with Crippen LogP contribution in [-0.4, -0.2) is 36.1 Å². The minimum Gasteiger partial charge on any atom is -0.478 e. The van der Waals surface area contributed by atoms with E-state index in [1.807, 2.05) is 49.5 Å². The maximum Gasteiger partial charge on any atom is 0.330 e. The predicted octanol–water partition coefficient (Wildman–Crippen LogP) is 4.94. The van der Waals surface area contributed by atoms with Gasteiger partial charge in [-0.2, -0.15) is 0 Å². The van der Waals surface area contributed by atoms with Crippen LogP contribution in [0.3, 0.4) is 0 Å². The molecule has 0 spiro atoms. The van der Waals surface area contributed by atoms with Gasteiger partial charge in [-0.25, -0.2) is 4.79 Å². The first-order chi connectivity index (χ1) is 14.7. The highest BCUT2D eigenvalue weighted by Gasteiger charge is 2.37. The number of carboxylic acid groups (broad SMARTS) is 1. The third kappa shape index (κ3) is 7.63.